The van der Waals surface area contributed by atoms with Crippen molar-refractivity contribution in [3.8, 4) is 5.75 Å². The molecule has 0 aliphatic carbocycles. The van der Waals surface area contributed by atoms with Crippen LogP contribution in [-0.4, -0.2) is 35.3 Å². The Kier molecular flexibility index (Phi) is 5.34. The van der Waals surface area contributed by atoms with Crippen LogP contribution >= 0.6 is 0 Å². The fourth-order valence-corrected chi connectivity index (χ4v) is 3.37. The summed E-state index contributed by atoms with van der Waals surface area (Å²) in [5.74, 6) is -5.21. The van der Waals surface area contributed by atoms with Crippen LogP contribution in [0.25, 0.3) is 0 Å². The summed E-state index contributed by atoms with van der Waals surface area (Å²) in [5, 5.41) is 0. The number of aromatic nitrogens is 1. The predicted octanol–water partition coefficient (Wildman–Crippen LogP) is 3.99. The molecule has 2 atom stereocenters. The molecule has 0 spiro atoms. The number of carbonyl (C=O) groups excluding carboxylic acids is 1. The molecule has 0 saturated carbocycles. The van der Waals surface area contributed by atoms with E-state index in [4.69, 9.17) is 10.5 Å². The molecule has 0 fully saturated rings. The Labute approximate surface area is 171 Å². The van der Waals surface area contributed by atoms with Crippen LogP contribution in [0.4, 0.5) is 17.6 Å². The molecule has 1 aromatic carbocycles. The van der Waals surface area contributed by atoms with E-state index in [9.17, 15) is 22.4 Å². The largest absolute Gasteiger partial charge is 0.495 e. The van der Waals surface area contributed by atoms with Gasteiger partial charge in [0.1, 0.15) is 23.1 Å². The summed E-state index contributed by atoms with van der Waals surface area (Å²) in [4.78, 5) is 20.1. The van der Waals surface area contributed by atoms with Gasteiger partial charge in [0.25, 0.3) is 5.92 Å². The van der Waals surface area contributed by atoms with Gasteiger partial charge in [-0.2, -0.15) is 0 Å². The molecule has 160 valence electrons. The van der Waals surface area contributed by atoms with E-state index < -0.39 is 46.6 Å². The van der Waals surface area contributed by atoms with Gasteiger partial charge in [0.15, 0.2) is 17.0 Å². The van der Waals surface area contributed by atoms with Gasteiger partial charge in [-0.15, -0.1) is 0 Å². The predicted molar refractivity (Wildman–Crippen MR) is 103 cm³/mol. The van der Waals surface area contributed by atoms with Crippen molar-refractivity contribution in [1.29, 1.82) is 0 Å². The molecule has 0 amide bonds. The van der Waals surface area contributed by atoms with E-state index >= 15 is 0 Å². The summed E-state index contributed by atoms with van der Waals surface area (Å²) in [6.45, 7) is 1.91. The molecule has 1 aliphatic rings. The lowest BCUT2D eigenvalue weighted by molar-refractivity contribution is -0.106. The summed E-state index contributed by atoms with van der Waals surface area (Å²) in [6.07, 6.45) is -0.0587. The zero-order valence-corrected chi connectivity index (χ0v) is 16.7. The first kappa shape index (κ1) is 21.7. The molecule has 9 heteroatoms. The molecule has 3 rings (SSSR count). The third-order valence-electron chi connectivity index (χ3n) is 5.32. The van der Waals surface area contributed by atoms with Crippen LogP contribution in [0.3, 0.4) is 0 Å². The minimum absolute atomic E-state index is 0.145. The van der Waals surface area contributed by atoms with Crippen LogP contribution in [0.1, 0.15) is 41.9 Å². The van der Waals surface area contributed by atoms with Gasteiger partial charge in [0, 0.05) is 12.0 Å². The monoisotopic (exact) mass is 423 g/mol. The topological polar surface area (TPSA) is 77.6 Å². The number of rotatable bonds is 5. The third kappa shape index (κ3) is 3.76. The number of ether oxygens (including phenoxy) is 1. The molecule has 0 radical (unpaired) electrons. The Balaban J connectivity index is 1.97. The van der Waals surface area contributed by atoms with Crippen molar-refractivity contribution >= 4 is 11.6 Å². The average Bonchev–Trinajstić information content (AvgIpc) is 2.67. The SMILES string of the molecule is COc1ccc(C(=O)Cc2ccc(F)c([C@@]3(C)N=C(N)[C@@](C)(F)CC3(F)F)c2)nc1. The van der Waals surface area contributed by atoms with E-state index in [1.165, 1.54) is 25.4 Å². The van der Waals surface area contributed by atoms with Crippen molar-refractivity contribution < 1.29 is 27.1 Å². The van der Waals surface area contributed by atoms with E-state index in [1.54, 1.807) is 6.07 Å². The molecule has 0 unspecified atom stereocenters. The van der Waals surface area contributed by atoms with Crippen LogP contribution in [0, 0.1) is 5.82 Å². The van der Waals surface area contributed by atoms with Crippen molar-refractivity contribution in [1.82, 2.24) is 4.98 Å². The molecule has 1 aliphatic heterocycles. The van der Waals surface area contributed by atoms with Gasteiger partial charge >= 0.3 is 0 Å². The number of carbonyl (C=O) groups is 1. The molecule has 2 N–H and O–H groups in total. The maximum Gasteiger partial charge on any atom is 0.280 e. The fourth-order valence-electron chi connectivity index (χ4n) is 3.37. The van der Waals surface area contributed by atoms with Crippen LogP contribution in [-0.2, 0) is 12.0 Å². The third-order valence-corrected chi connectivity index (χ3v) is 5.32. The number of aliphatic imine (C=N–C) groups is 1. The molecule has 1 aromatic heterocycles. The maximum atomic E-state index is 14.9. The molecular weight excluding hydrogens is 402 g/mol. The Morgan fingerprint density at radius 2 is 1.90 bits per heavy atom. The smallest absolute Gasteiger partial charge is 0.280 e. The van der Waals surface area contributed by atoms with Gasteiger partial charge in [-0.1, -0.05) is 6.07 Å². The first-order chi connectivity index (χ1) is 13.9. The summed E-state index contributed by atoms with van der Waals surface area (Å²) in [5.41, 5.74) is 0.613. The molecule has 30 heavy (non-hydrogen) atoms. The molecule has 2 heterocycles. The number of halogens is 4. The minimum atomic E-state index is -3.71. The van der Waals surface area contributed by atoms with E-state index in [2.05, 4.69) is 9.98 Å². The number of methoxy groups -OCH3 is 1. The Morgan fingerprint density at radius 3 is 2.50 bits per heavy atom. The van der Waals surface area contributed by atoms with E-state index in [-0.39, 0.29) is 17.7 Å². The van der Waals surface area contributed by atoms with Gasteiger partial charge in [-0.05, 0) is 43.7 Å². The average molecular weight is 423 g/mol. The van der Waals surface area contributed by atoms with Gasteiger partial charge in [-0.3, -0.25) is 9.79 Å². The molecule has 5 nitrogen and oxygen atoms in total. The number of ketones is 1. The summed E-state index contributed by atoms with van der Waals surface area (Å²) >= 11 is 0. The second-order valence-corrected chi connectivity index (χ2v) is 7.65. The van der Waals surface area contributed by atoms with Gasteiger partial charge in [-0.25, -0.2) is 22.5 Å². The van der Waals surface area contributed by atoms with E-state index in [1.807, 2.05) is 0 Å². The zero-order valence-electron chi connectivity index (χ0n) is 16.7. The summed E-state index contributed by atoms with van der Waals surface area (Å²) in [6, 6.07) is 6.47. The standard InChI is InChI=1S/C21H21F4N3O2/c1-19(23)11-21(24,25)20(2,28-18(19)26)14-8-12(4-6-15(14)22)9-17(29)16-7-5-13(30-3)10-27-16/h4-8,10H,9,11H2,1-3H3,(H2,26,28)/t19-,20+/m0/s1. The maximum absolute atomic E-state index is 14.9. The quantitative estimate of drug-likeness (QED) is 0.583. The number of hydrogen-bond donors (Lipinski definition) is 1. The Hall–Kier alpha value is -2.97. The molecule has 2 aromatic rings. The second kappa shape index (κ2) is 7.37. The van der Waals surface area contributed by atoms with Gasteiger partial charge in [0.05, 0.1) is 19.7 Å². The van der Waals surface area contributed by atoms with Crippen LogP contribution in [0.15, 0.2) is 41.5 Å². The highest BCUT2D eigenvalue weighted by Gasteiger charge is 2.60. The lowest BCUT2D eigenvalue weighted by Gasteiger charge is -2.42. The number of benzene rings is 1. The van der Waals surface area contributed by atoms with E-state index in [0.29, 0.717) is 5.75 Å². The first-order valence-electron chi connectivity index (χ1n) is 9.14. The zero-order chi connectivity index (χ0) is 22.3. The van der Waals surface area contributed by atoms with Crippen molar-refractivity contribution in [2.24, 2.45) is 10.7 Å². The number of amidine groups is 1. The number of Topliss-reactive ketones (excluding diaryl/α,β-unsaturated/α-hetero) is 1. The van der Waals surface area contributed by atoms with Crippen molar-refractivity contribution in [3.63, 3.8) is 0 Å². The highest BCUT2D eigenvalue weighted by Crippen LogP contribution is 2.50. The highest BCUT2D eigenvalue weighted by atomic mass is 19.3. The summed E-state index contributed by atoms with van der Waals surface area (Å²) in [7, 11) is 1.46. The number of hydrogen-bond acceptors (Lipinski definition) is 5. The lowest BCUT2D eigenvalue weighted by Crippen LogP contribution is -2.56. The molecule has 0 saturated heterocycles. The Bertz CT molecular complexity index is 1010. The number of nitrogens with zero attached hydrogens (tertiary/aromatic N) is 2. The van der Waals surface area contributed by atoms with Crippen LogP contribution < -0.4 is 10.5 Å². The summed E-state index contributed by atoms with van der Waals surface area (Å²) < 4.78 is 63.6. The van der Waals surface area contributed by atoms with Crippen molar-refractivity contribution in [3.05, 3.63) is 59.2 Å². The van der Waals surface area contributed by atoms with E-state index in [0.717, 1.165) is 26.0 Å². The molecular formula is C21H21F4N3O2. The van der Waals surface area contributed by atoms with Gasteiger partial charge < -0.3 is 10.5 Å². The fraction of sp³-hybridized carbons (Fsp3) is 0.381. The lowest BCUT2D eigenvalue weighted by atomic mass is 9.77. The normalized spacial score (nSPS) is 25.5. The number of alkyl halides is 3. The Morgan fingerprint density at radius 1 is 1.20 bits per heavy atom. The number of nitrogens with two attached hydrogens (primary N) is 1. The number of pyridine rings is 1. The van der Waals surface area contributed by atoms with Crippen molar-refractivity contribution in [2.75, 3.05) is 7.11 Å². The second-order valence-electron chi connectivity index (χ2n) is 7.65. The first-order valence-corrected chi connectivity index (χ1v) is 9.14. The molecule has 0 bridgehead atoms. The van der Waals surface area contributed by atoms with Crippen molar-refractivity contribution in [2.45, 2.75) is 43.8 Å². The highest BCUT2D eigenvalue weighted by molar-refractivity contribution is 5.95. The van der Waals surface area contributed by atoms with Crippen LogP contribution in [0.2, 0.25) is 0 Å². The minimum Gasteiger partial charge on any atom is -0.495 e. The van der Waals surface area contributed by atoms with Gasteiger partial charge in [0.2, 0.25) is 0 Å². The van der Waals surface area contributed by atoms with Crippen LogP contribution in [0.5, 0.6) is 5.75 Å².